The highest BCUT2D eigenvalue weighted by Crippen LogP contribution is 2.41. The number of nitrogens with one attached hydrogen (secondary N) is 2. The minimum atomic E-state index is -0.582. The molecule has 24 heavy (non-hydrogen) atoms. The van der Waals surface area contributed by atoms with Gasteiger partial charge in [-0.15, -0.1) is 5.53 Å². The number of fused-ring (bicyclic) bond motifs is 2. The number of nitrogen functional groups attached to an aromatic ring is 1. The Morgan fingerprint density at radius 3 is 2.96 bits per heavy atom. The number of ether oxygens (including phenoxy) is 2. The van der Waals surface area contributed by atoms with Crippen molar-refractivity contribution in [2.75, 3.05) is 21.9 Å². The summed E-state index contributed by atoms with van der Waals surface area (Å²) in [5, 5.41) is 2.63. The van der Waals surface area contributed by atoms with Crippen molar-refractivity contribution in [2.45, 2.75) is 56.4 Å². The van der Waals surface area contributed by atoms with Crippen LogP contribution in [0, 0.1) is 0 Å². The molecule has 0 bridgehead atoms. The Morgan fingerprint density at radius 1 is 1.33 bits per heavy atom. The molecular formula is C15H22N6O2S. The number of thioether (sulfide) groups is 1. The van der Waals surface area contributed by atoms with Crippen molar-refractivity contribution in [1.29, 1.82) is 0 Å². The number of anilines is 3. The van der Waals surface area contributed by atoms with Crippen molar-refractivity contribution in [3.05, 3.63) is 12.2 Å². The Kier molecular flexibility index (Phi) is 3.83. The predicted molar refractivity (Wildman–Crippen MR) is 93.4 cm³/mol. The Morgan fingerprint density at radius 2 is 2.17 bits per heavy atom. The zero-order chi connectivity index (χ0) is 16.9. The second-order valence-electron chi connectivity index (χ2n) is 6.49. The summed E-state index contributed by atoms with van der Waals surface area (Å²) >= 11 is 1.61. The summed E-state index contributed by atoms with van der Waals surface area (Å²) in [6.45, 7) is 5.99. The van der Waals surface area contributed by atoms with E-state index in [9.17, 15) is 0 Å². The van der Waals surface area contributed by atoms with E-state index in [1.165, 1.54) is 0 Å². The molecule has 130 valence electrons. The minimum Gasteiger partial charge on any atom is -0.382 e. The highest BCUT2D eigenvalue weighted by atomic mass is 32.2. The monoisotopic (exact) mass is 350 g/mol. The summed E-state index contributed by atoms with van der Waals surface area (Å²) in [5.41, 5.74) is 13.0. The van der Waals surface area contributed by atoms with E-state index in [0.717, 1.165) is 18.0 Å². The van der Waals surface area contributed by atoms with Crippen LogP contribution in [0.1, 0.15) is 27.2 Å². The van der Waals surface area contributed by atoms with Gasteiger partial charge in [0.25, 0.3) is 0 Å². The van der Waals surface area contributed by atoms with Gasteiger partial charge in [0.05, 0.1) is 6.04 Å². The summed E-state index contributed by atoms with van der Waals surface area (Å²) in [7, 11) is 0. The predicted octanol–water partition coefficient (Wildman–Crippen LogP) is 1.67. The van der Waals surface area contributed by atoms with Crippen LogP contribution in [0.5, 0.6) is 0 Å². The van der Waals surface area contributed by atoms with Crippen LogP contribution < -0.4 is 21.7 Å². The number of hydrazine groups is 2. The Hall–Kier alpha value is -1.55. The summed E-state index contributed by atoms with van der Waals surface area (Å²) in [5.74, 6) is 1.56. The highest BCUT2D eigenvalue weighted by Gasteiger charge is 2.49. The van der Waals surface area contributed by atoms with E-state index < -0.39 is 5.79 Å². The average molecular weight is 350 g/mol. The summed E-state index contributed by atoms with van der Waals surface area (Å²) in [4.78, 5) is 9.03. The molecule has 2 aliphatic heterocycles. The Bertz CT molecular complexity index is 682. The van der Waals surface area contributed by atoms with E-state index in [-0.39, 0.29) is 18.2 Å². The van der Waals surface area contributed by atoms with Gasteiger partial charge >= 0.3 is 0 Å². The molecule has 0 amide bonds. The third-order valence-electron chi connectivity index (χ3n) is 4.16. The van der Waals surface area contributed by atoms with Crippen molar-refractivity contribution in [3.63, 3.8) is 0 Å². The molecule has 4 N–H and O–H groups in total. The number of rotatable bonds is 4. The SMILES string of the molecule is CCCSc1nc(N)c2c(n1)N(C1C=CC3OC(C)(C)OC31)NN2. The lowest BCUT2D eigenvalue weighted by molar-refractivity contribution is -0.145. The van der Waals surface area contributed by atoms with Gasteiger partial charge in [0.1, 0.15) is 17.9 Å². The molecule has 1 aliphatic carbocycles. The first-order valence-electron chi connectivity index (χ1n) is 8.13. The smallest absolute Gasteiger partial charge is 0.191 e. The zero-order valence-corrected chi connectivity index (χ0v) is 14.8. The van der Waals surface area contributed by atoms with E-state index in [1.54, 1.807) is 11.8 Å². The van der Waals surface area contributed by atoms with E-state index in [0.29, 0.717) is 16.7 Å². The molecule has 3 heterocycles. The fraction of sp³-hybridized carbons (Fsp3) is 0.600. The maximum atomic E-state index is 6.09. The molecule has 3 atom stereocenters. The second kappa shape index (κ2) is 5.76. The van der Waals surface area contributed by atoms with Gasteiger partial charge in [-0.1, -0.05) is 30.8 Å². The Balaban J connectivity index is 1.62. The van der Waals surface area contributed by atoms with E-state index in [2.05, 4.69) is 33.9 Å². The summed E-state index contributed by atoms with van der Waals surface area (Å²) in [6, 6.07) is -0.0381. The molecule has 1 aromatic rings. The van der Waals surface area contributed by atoms with Gasteiger partial charge in [-0.3, -0.25) is 10.4 Å². The van der Waals surface area contributed by atoms with Crippen LogP contribution >= 0.6 is 11.8 Å². The molecule has 1 aromatic heterocycles. The number of hydrogen-bond acceptors (Lipinski definition) is 9. The number of nitrogens with two attached hydrogens (primary N) is 1. The van der Waals surface area contributed by atoms with Crippen molar-refractivity contribution in [3.8, 4) is 0 Å². The van der Waals surface area contributed by atoms with Gasteiger partial charge in [-0.2, -0.15) is 0 Å². The third-order valence-corrected chi connectivity index (χ3v) is 5.21. The van der Waals surface area contributed by atoms with Crippen LogP contribution in [0.4, 0.5) is 17.3 Å². The molecule has 3 aliphatic rings. The van der Waals surface area contributed by atoms with Gasteiger partial charge in [0.15, 0.2) is 22.6 Å². The summed E-state index contributed by atoms with van der Waals surface area (Å²) in [6.07, 6.45) is 5.03. The zero-order valence-electron chi connectivity index (χ0n) is 13.9. The molecule has 0 saturated carbocycles. The Labute approximate surface area is 145 Å². The topological polar surface area (TPSA) is 97.6 Å². The average Bonchev–Trinajstić information content (AvgIpc) is 3.17. The van der Waals surface area contributed by atoms with Crippen molar-refractivity contribution >= 4 is 29.1 Å². The van der Waals surface area contributed by atoms with Gasteiger partial charge in [-0.25, -0.2) is 9.97 Å². The molecule has 3 unspecified atom stereocenters. The molecule has 4 rings (SSSR count). The lowest BCUT2D eigenvalue weighted by atomic mass is 10.2. The van der Waals surface area contributed by atoms with E-state index >= 15 is 0 Å². The number of nitrogens with zero attached hydrogens (tertiary/aromatic N) is 3. The van der Waals surface area contributed by atoms with Crippen LogP contribution in [0.2, 0.25) is 0 Å². The van der Waals surface area contributed by atoms with Crippen molar-refractivity contribution < 1.29 is 9.47 Å². The van der Waals surface area contributed by atoms with Crippen LogP contribution in [0.15, 0.2) is 17.3 Å². The fourth-order valence-corrected chi connectivity index (χ4v) is 3.88. The maximum Gasteiger partial charge on any atom is 0.191 e. The molecule has 1 saturated heterocycles. The van der Waals surface area contributed by atoms with Crippen LogP contribution in [-0.2, 0) is 9.47 Å². The standard InChI is InChI=1S/C15H22N6O2S/c1-4-7-24-14-17-12(16)10-13(18-14)21(20-19-10)8-5-6-9-11(8)23-15(2,3)22-9/h5-6,8-9,11,19-20H,4,7H2,1-3H3,(H2,16,17,18). The highest BCUT2D eigenvalue weighted by molar-refractivity contribution is 7.99. The van der Waals surface area contributed by atoms with E-state index in [4.69, 9.17) is 15.2 Å². The van der Waals surface area contributed by atoms with Gasteiger partial charge < -0.3 is 15.2 Å². The molecular weight excluding hydrogens is 328 g/mol. The van der Waals surface area contributed by atoms with Gasteiger partial charge in [0.2, 0.25) is 0 Å². The first-order valence-corrected chi connectivity index (χ1v) is 9.12. The van der Waals surface area contributed by atoms with E-state index in [1.807, 2.05) is 24.9 Å². The lowest BCUT2D eigenvalue weighted by Gasteiger charge is -2.28. The first kappa shape index (κ1) is 15.9. The van der Waals surface area contributed by atoms with Crippen LogP contribution in [-0.4, -0.2) is 39.8 Å². The fourth-order valence-electron chi connectivity index (χ4n) is 3.18. The molecule has 0 radical (unpaired) electrons. The van der Waals surface area contributed by atoms with Gasteiger partial charge in [0, 0.05) is 5.75 Å². The quantitative estimate of drug-likeness (QED) is 0.425. The molecule has 0 aromatic carbocycles. The normalized spacial score (nSPS) is 29.6. The first-order chi connectivity index (χ1) is 11.5. The minimum absolute atomic E-state index is 0.0381. The summed E-state index contributed by atoms with van der Waals surface area (Å²) < 4.78 is 12.0. The number of aromatic nitrogens is 2. The van der Waals surface area contributed by atoms with Crippen molar-refractivity contribution in [2.24, 2.45) is 0 Å². The molecule has 0 spiro atoms. The molecule has 1 fully saturated rings. The second-order valence-corrected chi connectivity index (χ2v) is 7.55. The van der Waals surface area contributed by atoms with Crippen LogP contribution in [0.3, 0.4) is 0 Å². The number of hydrogen-bond donors (Lipinski definition) is 3. The maximum absolute atomic E-state index is 6.09. The molecule has 9 heteroatoms. The van der Waals surface area contributed by atoms with Gasteiger partial charge in [-0.05, 0) is 20.3 Å². The molecule has 8 nitrogen and oxygen atoms in total. The van der Waals surface area contributed by atoms with Crippen LogP contribution in [0.25, 0.3) is 0 Å². The van der Waals surface area contributed by atoms with Crippen molar-refractivity contribution in [1.82, 2.24) is 15.5 Å². The largest absolute Gasteiger partial charge is 0.382 e. The lowest BCUT2D eigenvalue weighted by Crippen LogP contribution is -2.50. The third kappa shape index (κ3) is 2.61.